The van der Waals surface area contributed by atoms with E-state index in [1.807, 2.05) is 30.3 Å². The largest absolute Gasteiger partial charge is 0.497 e. The van der Waals surface area contributed by atoms with E-state index in [0.717, 1.165) is 5.56 Å². The van der Waals surface area contributed by atoms with Gasteiger partial charge in [-0.1, -0.05) is 43.0 Å². The quantitative estimate of drug-likeness (QED) is 0.479. The van der Waals surface area contributed by atoms with Crippen LogP contribution in [0.5, 0.6) is 5.75 Å². The number of nitrogens with one attached hydrogen (secondary N) is 1. The fraction of sp³-hybridized carbons (Fsp3) is 0.100. The van der Waals surface area contributed by atoms with Crippen molar-refractivity contribution in [3.63, 3.8) is 0 Å². The predicted octanol–water partition coefficient (Wildman–Crippen LogP) is 3.20. The third-order valence-electron chi connectivity index (χ3n) is 3.26. The molecule has 0 fully saturated rings. The second kappa shape index (κ2) is 9.08. The zero-order valence-electron chi connectivity index (χ0n) is 13.9. The third kappa shape index (κ3) is 5.35. The Morgan fingerprint density at radius 3 is 2.36 bits per heavy atom. The summed E-state index contributed by atoms with van der Waals surface area (Å²) in [6, 6.07) is 15.8. The minimum Gasteiger partial charge on any atom is -0.497 e. The molecule has 2 aromatic carbocycles. The summed E-state index contributed by atoms with van der Waals surface area (Å²) in [5, 5.41) is 2.60. The molecule has 2 rings (SSSR count). The van der Waals surface area contributed by atoms with E-state index in [1.54, 1.807) is 37.5 Å². The lowest BCUT2D eigenvalue weighted by atomic mass is 10.1. The molecule has 0 aliphatic heterocycles. The van der Waals surface area contributed by atoms with Gasteiger partial charge in [-0.3, -0.25) is 4.79 Å². The van der Waals surface area contributed by atoms with E-state index in [9.17, 15) is 9.59 Å². The molecule has 1 amide bonds. The Labute approximate surface area is 146 Å². The standard InChI is InChI=1S/C20H19NO4/c1-3-13-25-20(23)18(14-15-7-5-4-6-8-15)21-19(22)16-9-11-17(24-2)12-10-16/h3-12,14H,1,13H2,2H3,(H,21,22)/b18-14+. The number of hydrogen-bond donors (Lipinski definition) is 1. The van der Waals surface area contributed by atoms with Crippen LogP contribution in [0.15, 0.2) is 72.9 Å². The smallest absolute Gasteiger partial charge is 0.355 e. The van der Waals surface area contributed by atoms with Gasteiger partial charge in [0.15, 0.2) is 0 Å². The Morgan fingerprint density at radius 1 is 1.08 bits per heavy atom. The van der Waals surface area contributed by atoms with Crippen LogP contribution in [0.1, 0.15) is 15.9 Å². The highest BCUT2D eigenvalue weighted by Crippen LogP contribution is 2.12. The Balaban J connectivity index is 2.22. The Kier molecular flexibility index (Phi) is 6.54. The average molecular weight is 337 g/mol. The summed E-state index contributed by atoms with van der Waals surface area (Å²) in [5.74, 6) is -0.409. The Hall–Kier alpha value is -3.34. The van der Waals surface area contributed by atoms with Crippen molar-refractivity contribution in [2.75, 3.05) is 13.7 Å². The van der Waals surface area contributed by atoms with E-state index >= 15 is 0 Å². The normalized spacial score (nSPS) is 10.7. The van der Waals surface area contributed by atoms with Crippen molar-refractivity contribution < 1.29 is 19.1 Å². The number of carbonyl (C=O) groups is 2. The lowest BCUT2D eigenvalue weighted by molar-refractivity contribution is -0.138. The molecule has 5 heteroatoms. The van der Waals surface area contributed by atoms with Gasteiger partial charge in [-0.25, -0.2) is 4.79 Å². The molecular formula is C20H19NO4. The lowest BCUT2D eigenvalue weighted by Crippen LogP contribution is -2.28. The van der Waals surface area contributed by atoms with E-state index in [4.69, 9.17) is 9.47 Å². The Morgan fingerprint density at radius 2 is 1.76 bits per heavy atom. The van der Waals surface area contributed by atoms with Crippen LogP contribution >= 0.6 is 0 Å². The van der Waals surface area contributed by atoms with E-state index in [2.05, 4.69) is 11.9 Å². The molecule has 2 aromatic rings. The van der Waals surface area contributed by atoms with Gasteiger partial charge in [0.05, 0.1) is 7.11 Å². The summed E-state index contributed by atoms with van der Waals surface area (Å²) in [5.41, 5.74) is 1.22. The summed E-state index contributed by atoms with van der Waals surface area (Å²) in [4.78, 5) is 24.6. The van der Waals surface area contributed by atoms with Crippen LogP contribution in [0, 0.1) is 0 Å². The van der Waals surface area contributed by atoms with Crippen LogP contribution in [0.2, 0.25) is 0 Å². The first kappa shape index (κ1) is 18.0. The fourth-order valence-corrected chi connectivity index (χ4v) is 2.01. The van der Waals surface area contributed by atoms with Gasteiger partial charge in [0.25, 0.3) is 5.91 Å². The first-order valence-electron chi connectivity index (χ1n) is 7.64. The number of amides is 1. The maximum absolute atomic E-state index is 12.4. The van der Waals surface area contributed by atoms with Crippen molar-refractivity contribution >= 4 is 18.0 Å². The van der Waals surface area contributed by atoms with Crippen LogP contribution in [0.3, 0.4) is 0 Å². The van der Waals surface area contributed by atoms with Crippen LogP contribution in [0.25, 0.3) is 6.08 Å². The van der Waals surface area contributed by atoms with Gasteiger partial charge >= 0.3 is 5.97 Å². The number of esters is 1. The van der Waals surface area contributed by atoms with E-state index in [1.165, 1.54) is 6.08 Å². The van der Waals surface area contributed by atoms with Gasteiger partial charge in [-0.15, -0.1) is 0 Å². The molecule has 0 aromatic heterocycles. The first-order chi connectivity index (χ1) is 12.1. The summed E-state index contributed by atoms with van der Waals surface area (Å²) in [7, 11) is 1.55. The third-order valence-corrected chi connectivity index (χ3v) is 3.26. The molecule has 0 radical (unpaired) electrons. The molecule has 0 saturated heterocycles. The van der Waals surface area contributed by atoms with Gasteiger partial charge in [0.2, 0.25) is 0 Å². The fourth-order valence-electron chi connectivity index (χ4n) is 2.01. The molecule has 0 aliphatic rings. The maximum Gasteiger partial charge on any atom is 0.355 e. The van der Waals surface area contributed by atoms with Crippen molar-refractivity contribution in [2.24, 2.45) is 0 Å². The molecule has 0 spiro atoms. The highest BCUT2D eigenvalue weighted by atomic mass is 16.5. The minimum atomic E-state index is -0.634. The second-order valence-corrected chi connectivity index (χ2v) is 5.04. The molecule has 0 saturated carbocycles. The maximum atomic E-state index is 12.4. The van der Waals surface area contributed by atoms with Gasteiger partial charge in [0.1, 0.15) is 18.1 Å². The summed E-state index contributed by atoms with van der Waals surface area (Å²) < 4.78 is 10.1. The number of ether oxygens (including phenoxy) is 2. The molecule has 0 atom stereocenters. The van der Waals surface area contributed by atoms with Crippen LogP contribution < -0.4 is 10.1 Å². The van der Waals surface area contributed by atoms with Crippen molar-refractivity contribution in [1.29, 1.82) is 0 Å². The molecular weight excluding hydrogens is 318 g/mol. The number of carbonyl (C=O) groups excluding carboxylic acids is 2. The zero-order valence-corrected chi connectivity index (χ0v) is 13.9. The monoisotopic (exact) mass is 337 g/mol. The van der Waals surface area contributed by atoms with E-state index in [-0.39, 0.29) is 12.3 Å². The van der Waals surface area contributed by atoms with Gasteiger partial charge in [0, 0.05) is 5.56 Å². The number of hydrogen-bond acceptors (Lipinski definition) is 4. The molecule has 128 valence electrons. The lowest BCUT2D eigenvalue weighted by Gasteiger charge is -2.10. The number of benzene rings is 2. The van der Waals surface area contributed by atoms with Crippen molar-refractivity contribution in [2.45, 2.75) is 0 Å². The molecule has 0 bridgehead atoms. The summed E-state index contributed by atoms with van der Waals surface area (Å²) in [6.07, 6.45) is 3.02. The first-order valence-corrected chi connectivity index (χ1v) is 7.64. The summed E-state index contributed by atoms with van der Waals surface area (Å²) in [6.45, 7) is 3.56. The van der Waals surface area contributed by atoms with Crippen LogP contribution in [0.4, 0.5) is 0 Å². The minimum absolute atomic E-state index is 0.0499. The Bertz CT molecular complexity index is 764. The average Bonchev–Trinajstić information content (AvgIpc) is 2.66. The molecule has 5 nitrogen and oxygen atoms in total. The van der Waals surface area contributed by atoms with Gasteiger partial charge < -0.3 is 14.8 Å². The highest BCUT2D eigenvalue weighted by Gasteiger charge is 2.15. The van der Waals surface area contributed by atoms with Crippen molar-refractivity contribution in [3.8, 4) is 5.75 Å². The predicted molar refractivity (Wildman–Crippen MR) is 96.0 cm³/mol. The number of methoxy groups -OCH3 is 1. The molecule has 0 heterocycles. The summed E-state index contributed by atoms with van der Waals surface area (Å²) >= 11 is 0. The highest BCUT2D eigenvalue weighted by molar-refractivity contribution is 6.03. The molecule has 1 N–H and O–H groups in total. The van der Waals surface area contributed by atoms with Gasteiger partial charge in [-0.05, 0) is 35.9 Å². The van der Waals surface area contributed by atoms with E-state index in [0.29, 0.717) is 11.3 Å². The topological polar surface area (TPSA) is 64.6 Å². The van der Waals surface area contributed by atoms with Crippen LogP contribution in [-0.4, -0.2) is 25.6 Å². The van der Waals surface area contributed by atoms with Crippen molar-refractivity contribution in [3.05, 3.63) is 84.1 Å². The van der Waals surface area contributed by atoms with E-state index < -0.39 is 11.9 Å². The molecule has 0 unspecified atom stereocenters. The molecule has 25 heavy (non-hydrogen) atoms. The zero-order chi connectivity index (χ0) is 18.1. The second-order valence-electron chi connectivity index (χ2n) is 5.04. The van der Waals surface area contributed by atoms with Crippen LogP contribution in [-0.2, 0) is 9.53 Å². The van der Waals surface area contributed by atoms with Crippen molar-refractivity contribution in [1.82, 2.24) is 5.32 Å². The molecule has 0 aliphatic carbocycles. The van der Waals surface area contributed by atoms with Gasteiger partial charge in [-0.2, -0.15) is 0 Å². The SMILES string of the molecule is C=CCOC(=O)/C(=C\c1ccccc1)NC(=O)c1ccc(OC)cc1. The number of rotatable bonds is 7.